The maximum Gasteiger partial charge on any atom is 0.494 e. The normalized spacial score (nSPS) is 26.6. The zero-order valence-corrected chi connectivity index (χ0v) is 16.4. The Kier molecular flexibility index (Phi) is 4.80. The van der Waals surface area contributed by atoms with E-state index in [4.69, 9.17) is 18.8 Å². The minimum Gasteiger partial charge on any atom is -0.399 e. The summed E-state index contributed by atoms with van der Waals surface area (Å²) in [4.78, 5) is 2.44. The Bertz CT molecular complexity index is 603. The van der Waals surface area contributed by atoms with E-state index in [1.807, 2.05) is 0 Å². The number of benzene rings is 1. The van der Waals surface area contributed by atoms with E-state index in [9.17, 15) is 0 Å². The second kappa shape index (κ2) is 6.82. The number of hydrogen-bond donors (Lipinski definition) is 0. The van der Waals surface area contributed by atoms with E-state index in [0.29, 0.717) is 5.92 Å². The Hall–Kier alpha value is -1.08. The van der Waals surface area contributed by atoms with Crippen LogP contribution in [0.1, 0.15) is 40.5 Å². The van der Waals surface area contributed by atoms with Crippen LogP contribution in [0.5, 0.6) is 0 Å². The van der Waals surface area contributed by atoms with E-state index in [2.05, 4.69) is 56.9 Å². The molecule has 0 N–H and O–H groups in total. The van der Waals surface area contributed by atoms with Crippen molar-refractivity contribution in [1.29, 1.82) is 0 Å². The van der Waals surface area contributed by atoms with Crippen LogP contribution in [-0.4, -0.2) is 50.9 Å². The van der Waals surface area contributed by atoms with Crippen LogP contribution in [0.2, 0.25) is 0 Å². The molecule has 0 bridgehead atoms. The first-order valence-electron chi connectivity index (χ1n) is 9.79. The third kappa shape index (κ3) is 3.40. The van der Waals surface area contributed by atoms with E-state index in [0.717, 1.165) is 44.6 Å². The third-order valence-corrected chi connectivity index (χ3v) is 6.36. The van der Waals surface area contributed by atoms with Gasteiger partial charge in [0.1, 0.15) is 0 Å². The van der Waals surface area contributed by atoms with Gasteiger partial charge in [0, 0.05) is 24.7 Å². The summed E-state index contributed by atoms with van der Waals surface area (Å²) in [7, 11) is -0.295. The molecule has 5 nitrogen and oxygen atoms in total. The Morgan fingerprint density at radius 1 is 0.885 bits per heavy atom. The van der Waals surface area contributed by atoms with Crippen LogP contribution in [0, 0.1) is 5.92 Å². The lowest BCUT2D eigenvalue weighted by atomic mass is 9.79. The van der Waals surface area contributed by atoms with Gasteiger partial charge in [0.15, 0.2) is 6.29 Å². The summed E-state index contributed by atoms with van der Waals surface area (Å²) in [5.74, 6) is 0.526. The van der Waals surface area contributed by atoms with Gasteiger partial charge in [-0.15, -0.1) is 0 Å². The number of piperidine rings is 1. The third-order valence-electron chi connectivity index (χ3n) is 6.36. The van der Waals surface area contributed by atoms with Gasteiger partial charge >= 0.3 is 7.12 Å². The highest BCUT2D eigenvalue weighted by atomic mass is 16.7. The first-order chi connectivity index (χ1) is 12.4. The molecule has 0 unspecified atom stereocenters. The van der Waals surface area contributed by atoms with Crippen LogP contribution in [-0.2, 0) is 18.8 Å². The monoisotopic (exact) mass is 359 g/mol. The molecule has 26 heavy (non-hydrogen) atoms. The molecule has 0 spiro atoms. The van der Waals surface area contributed by atoms with Crippen molar-refractivity contribution in [2.75, 3.05) is 31.2 Å². The smallest absolute Gasteiger partial charge is 0.399 e. The molecule has 3 heterocycles. The second-order valence-corrected chi connectivity index (χ2v) is 8.61. The number of hydrogen-bond acceptors (Lipinski definition) is 5. The Balaban J connectivity index is 1.37. The van der Waals surface area contributed by atoms with Crippen LogP contribution >= 0.6 is 0 Å². The van der Waals surface area contributed by atoms with E-state index in [1.165, 1.54) is 5.69 Å². The standard InChI is InChI=1S/C20H30BNO4/c1-19(2)20(3,4)26-21(25-19)16-5-7-17(8-6-16)22-11-9-15(10-12-22)18-23-13-14-24-18/h5-8,15,18H,9-14H2,1-4H3. The van der Waals surface area contributed by atoms with Crippen molar-refractivity contribution in [3.8, 4) is 0 Å². The number of ether oxygens (including phenoxy) is 2. The van der Waals surface area contributed by atoms with Gasteiger partial charge in [0.25, 0.3) is 0 Å². The summed E-state index contributed by atoms with van der Waals surface area (Å²) in [5.41, 5.74) is 1.73. The van der Waals surface area contributed by atoms with E-state index >= 15 is 0 Å². The quantitative estimate of drug-likeness (QED) is 0.776. The molecule has 6 heteroatoms. The fourth-order valence-electron chi connectivity index (χ4n) is 3.90. The topological polar surface area (TPSA) is 40.2 Å². The van der Waals surface area contributed by atoms with E-state index in [-0.39, 0.29) is 24.6 Å². The second-order valence-electron chi connectivity index (χ2n) is 8.61. The summed E-state index contributed by atoms with van der Waals surface area (Å²) in [6.45, 7) is 11.9. The molecule has 3 aliphatic rings. The highest BCUT2D eigenvalue weighted by molar-refractivity contribution is 6.62. The van der Waals surface area contributed by atoms with Crippen molar-refractivity contribution >= 4 is 18.3 Å². The molecule has 0 amide bonds. The molecular formula is C20H30BNO4. The Morgan fingerprint density at radius 3 is 1.96 bits per heavy atom. The molecule has 3 aliphatic heterocycles. The van der Waals surface area contributed by atoms with Gasteiger partial charge in [-0.05, 0) is 58.1 Å². The average Bonchev–Trinajstić information content (AvgIpc) is 3.22. The van der Waals surface area contributed by atoms with Gasteiger partial charge in [-0.1, -0.05) is 12.1 Å². The lowest BCUT2D eigenvalue weighted by Crippen LogP contribution is -2.41. The molecule has 0 radical (unpaired) electrons. The van der Waals surface area contributed by atoms with Crippen LogP contribution < -0.4 is 10.4 Å². The molecule has 1 aromatic rings. The minimum atomic E-state index is -0.303. The summed E-state index contributed by atoms with van der Waals surface area (Å²) < 4.78 is 23.6. The minimum absolute atomic E-state index is 0.0166. The predicted octanol–water partition coefficient (Wildman–Crippen LogP) is 2.58. The van der Waals surface area contributed by atoms with Crippen molar-refractivity contribution in [2.45, 2.75) is 58.0 Å². The van der Waals surface area contributed by atoms with Crippen LogP contribution in [0.15, 0.2) is 24.3 Å². The lowest BCUT2D eigenvalue weighted by Gasteiger charge is -2.35. The van der Waals surface area contributed by atoms with Gasteiger partial charge in [-0.2, -0.15) is 0 Å². The lowest BCUT2D eigenvalue weighted by molar-refractivity contribution is -0.0889. The molecule has 4 rings (SSSR count). The number of nitrogens with zero attached hydrogens (tertiary/aromatic N) is 1. The SMILES string of the molecule is CC1(C)OB(c2ccc(N3CCC(C4OCCO4)CC3)cc2)OC1(C)C. The average molecular weight is 359 g/mol. The Labute approximate surface area is 157 Å². The molecule has 0 aliphatic carbocycles. The Morgan fingerprint density at radius 2 is 1.42 bits per heavy atom. The molecule has 0 saturated carbocycles. The number of rotatable bonds is 3. The van der Waals surface area contributed by atoms with Gasteiger partial charge in [0.05, 0.1) is 24.4 Å². The first kappa shape index (κ1) is 18.3. The molecule has 1 aromatic carbocycles. The highest BCUT2D eigenvalue weighted by Gasteiger charge is 2.51. The van der Waals surface area contributed by atoms with Crippen LogP contribution in [0.3, 0.4) is 0 Å². The largest absolute Gasteiger partial charge is 0.494 e. The zero-order valence-electron chi connectivity index (χ0n) is 16.4. The molecule has 0 aromatic heterocycles. The molecule has 3 saturated heterocycles. The summed E-state index contributed by atoms with van der Waals surface area (Å²) in [5, 5.41) is 0. The molecule has 142 valence electrons. The predicted molar refractivity (Wildman–Crippen MR) is 103 cm³/mol. The van der Waals surface area contributed by atoms with Crippen LogP contribution in [0.4, 0.5) is 5.69 Å². The van der Waals surface area contributed by atoms with E-state index < -0.39 is 0 Å². The highest BCUT2D eigenvalue weighted by Crippen LogP contribution is 2.36. The van der Waals surface area contributed by atoms with Crippen molar-refractivity contribution in [3.05, 3.63) is 24.3 Å². The summed E-state index contributed by atoms with van der Waals surface area (Å²) >= 11 is 0. The number of anilines is 1. The first-order valence-corrected chi connectivity index (χ1v) is 9.79. The molecule has 3 fully saturated rings. The van der Waals surface area contributed by atoms with Gasteiger partial charge in [0.2, 0.25) is 0 Å². The van der Waals surface area contributed by atoms with Gasteiger partial charge in [-0.3, -0.25) is 0 Å². The summed E-state index contributed by atoms with van der Waals surface area (Å²) in [6.07, 6.45) is 2.25. The molecular weight excluding hydrogens is 329 g/mol. The zero-order chi connectivity index (χ0) is 18.4. The maximum absolute atomic E-state index is 6.14. The molecule has 0 atom stereocenters. The summed E-state index contributed by atoms with van der Waals surface area (Å²) in [6, 6.07) is 8.63. The maximum atomic E-state index is 6.14. The van der Waals surface area contributed by atoms with Crippen molar-refractivity contribution in [3.63, 3.8) is 0 Å². The van der Waals surface area contributed by atoms with E-state index in [1.54, 1.807) is 0 Å². The fourth-order valence-corrected chi connectivity index (χ4v) is 3.90. The fraction of sp³-hybridized carbons (Fsp3) is 0.700. The van der Waals surface area contributed by atoms with Crippen LogP contribution in [0.25, 0.3) is 0 Å². The van der Waals surface area contributed by atoms with Crippen molar-refractivity contribution < 1.29 is 18.8 Å². The van der Waals surface area contributed by atoms with Gasteiger partial charge in [-0.25, -0.2) is 0 Å². The van der Waals surface area contributed by atoms with Crippen molar-refractivity contribution in [2.24, 2.45) is 5.92 Å². The van der Waals surface area contributed by atoms with Crippen molar-refractivity contribution in [1.82, 2.24) is 0 Å². The van der Waals surface area contributed by atoms with Gasteiger partial charge < -0.3 is 23.7 Å².